The molecular formula is C26H23BrN2O5S. The molecule has 1 N–H and O–H groups in total. The van der Waals surface area contributed by atoms with Crippen LogP contribution in [0.4, 0.5) is 0 Å². The number of halogens is 1. The van der Waals surface area contributed by atoms with Crippen molar-refractivity contribution in [2.75, 3.05) is 11.1 Å². The van der Waals surface area contributed by atoms with E-state index in [4.69, 9.17) is 4.74 Å². The van der Waals surface area contributed by atoms with Crippen LogP contribution in [0, 0.1) is 0 Å². The van der Waals surface area contributed by atoms with E-state index >= 15 is 0 Å². The van der Waals surface area contributed by atoms with Gasteiger partial charge in [-0.3, -0.25) is 19.3 Å². The van der Waals surface area contributed by atoms with Gasteiger partial charge in [-0.2, -0.15) is 0 Å². The molecule has 180 valence electrons. The van der Waals surface area contributed by atoms with Crippen molar-refractivity contribution < 1.29 is 23.9 Å². The number of hydrogen-bond donors (Lipinski definition) is 1. The van der Waals surface area contributed by atoms with Crippen molar-refractivity contribution in [1.29, 1.82) is 0 Å². The molecule has 4 rings (SSSR count). The zero-order valence-electron chi connectivity index (χ0n) is 18.7. The molecule has 9 heteroatoms. The third-order valence-electron chi connectivity index (χ3n) is 5.69. The summed E-state index contributed by atoms with van der Waals surface area (Å²) >= 11 is 4.44. The molecule has 2 aromatic carbocycles. The number of thioether (sulfide) groups is 1. The zero-order valence-corrected chi connectivity index (χ0v) is 21.1. The highest BCUT2D eigenvalue weighted by molar-refractivity contribution is 9.09. The second-order valence-corrected chi connectivity index (χ2v) is 9.65. The van der Waals surface area contributed by atoms with E-state index in [0.717, 1.165) is 11.1 Å². The quantitative estimate of drug-likeness (QED) is 0.221. The fraction of sp³-hybridized carbons (Fsp3) is 0.231. The maximum absolute atomic E-state index is 13.5. The van der Waals surface area contributed by atoms with E-state index in [-0.39, 0.29) is 23.2 Å². The van der Waals surface area contributed by atoms with E-state index in [9.17, 15) is 19.2 Å². The highest BCUT2D eigenvalue weighted by Gasteiger charge is 2.54. The highest BCUT2D eigenvalue weighted by atomic mass is 79.9. The van der Waals surface area contributed by atoms with Crippen LogP contribution in [0.15, 0.2) is 84.6 Å². The van der Waals surface area contributed by atoms with Gasteiger partial charge in [0.25, 0.3) is 5.91 Å². The summed E-state index contributed by atoms with van der Waals surface area (Å²) in [5.41, 5.74) is 2.31. The Bertz CT molecular complexity index is 1150. The van der Waals surface area contributed by atoms with Gasteiger partial charge in [-0.15, -0.1) is 11.8 Å². The van der Waals surface area contributed by atoms with Crippen molar-refractivity contribution in [1.82, 2.24) is 10.2 Å². The number of alkyl halides is 1. The average Bonchev–Trinajstić information content (AvgIpc) is 2.90. The van der Waals surface area contributed by atoms with E-state index in [1.165, 1.54) is 16.7 Å². The Morgan fingerprint density at radius 1 is 1.11 bits per heavy atom. The lowest BCUT2D eigenvalue weighted by Gasteiger charge is -2.49. The van der Waals surface area contributed by atoms with Gasteiger partial charge in [0, 0.05) is 5.75 Å². The largest absolute Gasteiger partial charge is 0.448 e. The van der Waals surface area contributed by atoms with Crippen molar-refractivity contribution in [2.24, 2.45) is 0 Å². The molecule has 1 saturated heterocycles. The Morgan fingerprint density at radius 3 is 2.26 bits per heavy atom. The number of carbonyl (C=O) groups excluding carboxylic acids is 4. The van der Waals surface area contributed by atoms with Crippen LogP contribution < -0.4 is 5.32 Å². The van der Waals surface area contributed by atoms with E-state index in [1.54, 1.807) is 6.08 Å². The Hall–Kier alpha value is -3.17. The molecule has 2 unspecified atom stereocenters. The fourth-order valence-electron chi connectivity index (χ4n) is 3.99. The molecule has 2 amide bonds. The van der Waals surface area contributed by atoms with Gasteiger partial charge in [0.2, 0.25) is 5.91 Å². The molecule has 2 heterocycles. The van der Waals surface area contributed by atoms with Gasteiger partial charge in [-0.1, -0.05) is 89.2 Å². The molecule has 0 aromatic heterocycles. The fourth-order valence-corrected chi connectivity index (χ4v) is 5.52. The summed E-state index contributed by atoms with van der Waals surface area (Å²) in [5, 5.41) is 2.22. The van der Waals surface area contributed by atoms with Crippen LogP contribution in [0.25, 0.3) is 0 Å². The third kappa shape index (κ3) is 5.26. The number of carbonyl (C=O) groups is 4. The number of nitrogens with zero attached hydrogens (tertiary/aromatic N) is 1. The van der Waals surface area contributed by atoms with Crippen molar-refractivity contribution in [3.8, 4) is 0 Å². The molecule has 2 aromatic rings. The summed E-state index contributed by atoms with van der Waals surface area (Å²) < 4.78 is 5.99. The molecule has 35 heavy (non-hydrogen) atoms. The van der Waals surface area contributed by atoms with Crippen LogP contribution in [0.3, 0.4) is 0 Å². The van der Waals surface area contributed by atoms with Crippen LogP contribution >= 0.6 is 27.7 Å². The van der Waals surface area contributed by atoms with E-state index in [1.807, 2.05) is 60.7 Å². The molecule has 0 radical (unpaired) electrons. The summed E-state index contributed by atoms with van der Waals surface area (Å²) in [6, 6.07) is 17.9. The molecule has 0 bridgehead atoms. The Balaban J connectivity index is 1.57. The molecule has 2 aliphatic heterocycles. The first-order valence-corrected chi connectivity index (χ1v) is 13.1. The maximum Gasteiger partial charge on any atom is 0.356 e. The normalized spacial score (nSPS) is 19.0. The first kappa shape index (κ1) is 24.9. The Labute approximate surface area is 215 Å². The van der Waals surface area contributed by atoms with Gasteiger partial charge < -0.3 is 10.1 Å². The predicted octanol–water partition coefficient (Wildman–Crippen LogP) is 3.51. The van der Waals surface area contributed by atoms with Crippen LogP contribution in [0.2, 0.25) is 0 Å². The van der Waals surface area contributed by atoms with Crippen LogP contribution in [-0.2, 0) is 23.9 Å². The van der Waals surface area contributed by atoms with Crippen LogP contribution in [0.1, 0.15) is 23.7 Å². The number of amides is 2. The first-order chi connectivity index (χ1) is 16.9. The predicted molar refractivity (Wildman–Crippen MR) is 136 cm³/mol. The molecule has 0 aliphatic carbocycles. The van der Waals surface area contributed by atoms with Crippen molar-refractivity contribution in [3.63, 3.8) is 0 Å². The minimum Gasteiger partial charge on any atom is -0.448 e. The lowest BCUT2D eigenvalue weighted by Crippen LogP contribution is -2.70. The van der Waals surface area contributed by atoms with Gasteiger partial charge in [0.05, 0.1) is 11.8 Å². The standard InChI is InChI=1S/C26H23BrN2O5S/c1-2-16-15-35-25-21(28-20(31)13-19(30)14-27)24(32)29(25)22(16)26(33)34-23(17-9-5-3-6-10-17)18-11-7-4-8-12-18/h2-12,21,23,25H,1,13-15H2,(H,28,31). The van der Waals surface area contributed by atoms with Crippen molar-refractivity contribution >= 4 is 51.3 Å². The third-order valence-corrected chi connectivity index (χ3v) is 7.62. The molecule has 2 aliphatic rings. The number of ketones is 1. The van der Waals surface area contributed by atoms with E-state index < -0.39 is 35.3 Å². The van der Waals surface area contributed by atoms with Crippen molar-refractivity contribution in [2.45, 2.75) is 23.9 Å². The van der Waals surface area contributed by atoms with Gasteiger partial charge >= 0.3 is 5.97 Å². The lowest BCUT2D eigenvalue weighted by molar-refractivity contribution is -0.154. The van der Waals surface area contributed by atoms with Crippen LogP contribution in [-0.4, -0.2) is 51.0 Å². The molecule has 0 saturated carbocycles. The summed E-state index contributed by atoms with van der Waals surface area (Å²) in [5.74, 6) is -1.45. The highest BCUT2D eigenvalue weighted by Crippen LogP contribution is 2.41. The molecule has 7 nitrogen and oxygen atoms in total. The van der Waals surface area contributed by atoms with Crippen molar-refractivity contribution in [3.05, 3.63) is 95.7 Å². The number of allylic oxidation sites excluding steroid dienone is 1. The first-order valence-electron chi connectivity index (χ1n) is 10.9. The second-order valence-electron chi connectivity index (χ2n) is 7.99. The summed E-state index contributed by atoms with van der Waals surface area (Å²) in [6.07, 6.45) is 0.567. The summed E-state index contributed by atoms with van der Waals surface area (Å²) in [7, 11) is 0. The number of hydrogen-bond acceptors (Lipinski definition) is 6. The number of fused-ring (bicyclic) bond motifs is 1. The molecular weight excluding hydrogens is 532 g/mol. The number of nitrogens with one attached hydrogen (secondary N) is 1. The Kier molecular flexibility index (Phi) is 7.87. The van der Waals surface area contributed by atoms with Gasteiger partial charge in [-0.25, -0.2) is 4.79 Å². The zero-order chi connectivity index (χ0) is 24.9. The number of β-lactam (4-membered cyclic amide) rings is 1. The minimum absolute atomic E-state index is 0.0642. The number of ether oxygens (including phenoxy) is 1. The van der Waals surface area contributed by atoms with Gasteiger partial charge in [0.1, 0.15) is 17.1 Å². The summed E-state index contributed by atoms with van der Waals surface area (Å²) in [6.45, 7) is 3.80. The molecule has 1 fully saturated rings. The van der Waals surface area contributed by atoms with Crippen LogP contribution in [0.5, 0.6) is 0 Å². The van der Waals surface area contributed by atoms with E-state index in [0.29, 0.717) is 11.3 Å². The smallest absolute Gasteiger partial charge is 0.356 e. The Morgan fingerprint density at radius 2 is 1.71 bits per heavy atom. The number of benzene rings is 2. The topological polar surface area (TPSA) is 92.8 Å². The molecule has 2 atom stereocenters. The summed E-state index contributed by atoms with van der Waals surface area (Å²) in [4.78, 5) is 51.6. The SMILES string of the molecule is C=CC1=C(C(=O)OC(c2ccccc2)c2ccccc2)N2C(=O)C(NC(=O)CC(=O)CBr)C2SC1. The number of esters is 1. The number of rotatable bonds is 9. The average molecular weight is 555 g/mol. The minimum atomic E-state index is -0.816. The maximum atomic E-state index is 13.5. The second kappa shape index (κ2) is 11.0. The molecule has 0 spiro atoms. The monoisotopic (exact) mass is 554 g/mol. The van der Waals surface area contributed by atoms with E-state index in [2.05, 4.69) is 27.8 Å². The van der Waals surface area contributed by atoms with Gasteiger partial charge in [0.15, 0.2) is 11.9 Å². The lowest BCUT2D eigenvalue weighted by atomic mass is 10.0. The van der Waals surface area contributed by atoms with Gasteiger partial charge in [-0.05, 0) is 16.7 Å². The number of Topliss-reactive ketones (excluding diaryl/α,β-unsaturated/α-hetero) is 1.